The Bertz CT molecular complexity index is 665. The zero-order valence-electron chi connectivity index (χ0n) is 17.1. The van der Waals surface area contributed by atoms with Crippen LogP contribution in [0.4, 0.5) is 10.5 Å². The average Bonchev–Trinajstić information content (AvgIpc) is 2.65. The van der Waals surface area contributed by atoms with Crippen molar-refractivity contribution in [1.29, 1.82) is 0 Å². The first kappa shape index (κ1) is 21.9. The summed E-state index contributed by atoms with van der Waals surface area (Å²) in [6, 6.07) is 7.22. The van der Waals surface area contributed by atoms with Gasteiger partial charge in [0.1, 0.15) is 0 Å². The van der Waals surface area contributed by atoms with E-state index in [4.69, 9.17) is 9.47 Å². The lowest BCUT2D eigenvalue weighted by Crippen LogP contribution is -2.52. The predicted molar refractivity (Wildman–Crippen MR) is 110 cm³/mol. The van der Waals surface area contributed by atoms with Crippen molar-refractivity contribution in [1.82, 2.24) is 10.2 Å². The van der Waals surface area contributed by atoms with Crippen molar-refractivity contribution in [3.05, 3.63) is 35.9 Å². The second kappa shape index (κ2) is 10.8. The zero-order chi connectivity index (χ0) is 20.5. The molecular formula is C21H31N3O4. The number of amides is 2. The number of morpholine rings is 1. The van der Waals surface area contributed by atoms with Crippen LogP contribution in [0.2, 0.25) is 0 Å². The molecule has 1 aromatic carbocycles. The summed E-state index contributed by atoms with van der Waals surface area (Å²) in [5, 5.41) is 5.74. The van der Waals surface area contributed by atoms with Crippen LogP contribution in [0.25, 0.3) is 6.08 Å². The zero-order valence-corrected chi connectivity index (χ0v) is 17.1. The summed E-state index contributed by atoms with van der Waals surface area (Å²) < 4.78 is 10.6. The fraction of sp³-hybridized carbons (Fsp3) is 0.524. The standard InChI is InChI=1S/C21H31N3O4/c1-5-27-20(25)11-8-18-6-9-19(10-7-18)23-21(26)22-12-15(2)24-13-16(3)28-17(4)14-24/h6-11,15-17H,5,12-14H2,1-4H3,(H2,22,23,26)/b11-8+/t15-,16+,17+/m1/s1. The molecule has 2 amide bonds. The van der Waals surface area contributed by atoms with Crippen LogP contribution >= 0.6 is 0 Å². The molecule has 0 saturated carbocycles. The third-order valence-electron chi connectivity index (χ3n) is 4.50. The molecule has 1 fully saturated rings. The fourth-order valence-corrected chi connectivity index (χ4v) is 3.15. The summed E-state index contributed by atoms with van der Waals surface area (Å²) in [6.45, 7) is 10.7. The lowest BCUT2D eigenvalue weighted by Gasteiger charge is -2.38. The summed E-state index contributed by atoms with van der Waals surface area (Å²) in [4.78, 5) is 25.8. The lowest BCUT2D eigenvalue weighted by atomic mass is 10.2. The largest absolute Gasteiger partial charge is 0.463 e. The molecule has 2 N–H and O–H groups in total. The lowest BCUT2D eigenvalue weighted by molar-refractivity contribution is -0.137. The Labute approximate surface area is 167 Å². The Morgan fingerprint density at radius 3 is 2.50 bits per heavy atom. The molecule has 0 bridgehead atoms. The van der Waals surface area contributed by atoms with Crippen molar-refractivity contribution in [2.45, 2.75) is 45.9 Å². The van der Waals surface area contributed by atoms with Gasteiger partial charge >= 0.3 is 12.0 Å². The second-order valence-corrected chi connectivity index (χ2v) is 7.10. The van der Waals surface area contributed by atoms with Crippen molar-refractivity contribution >= 4 is 23.8 Å². The highest BCUT2D eigenvalue weighted by Gasteiger charge is 2.25. The van der Waals surface area contributed by atoms with Crippen LogP contribution < -0.4 is 10.6 Å². The Morgan fingerprint density at radius 2 is 1.89 bits per heavy atom. The molecule has 1 aliphatic rings. The summed E-state index contributed by atoms with van der Waals surface area (Å²) in [7, 11) is 0. The molecule has 28 heavy (non-hydrogen) atoms. The molecule has 1 aliphatic heterocycles. The first-order chi connectivity index (χ1) is 13.4. The predicted octanol–water partition coefficient (Wildman–Crippen LogP) is 2.88. The number of nitrogens with one attached hydrogen (secondary N) is 2. The van der Waals surface area contributed by atoms with Gasteiger partial charge in [-0.3, -0.25) is 4.90 Å². The van der Waals surface area contributed by atoms with Gasteiger partial charge in [0.15, 0.2) is 0 Å². The highest BCUT2D eigenvalue weighted by atomic mass is 16.5. The Morgan fingerprint density at radius 1 is 1.25 bits per heavy atom. The van der Waals surface area contributed by atoms with E-state index in [1.54, 1.807) is 25.1 Å². The number of rotatable bonds is 7. The molecule has 0 unspecified atom stereocenters. The molecule has 7 nitrogen and oxygen atoms in total. The monoisotopic (exact) mass is 389 g/mol. The van der Waals surface area contributed by atoms with Gasteiger partial charge in [-0.1, -0.05) is 12.1 Å². The molecular weight excluding hydrogens is 358 g/mol. The van der Waals surface area contributed by atoms with Crippen LogP contribution in [0.5, 0.6) is 0 Å². The van der Waals surface area contributed by atoms with Gasteiger partial charge in [-0.05, 0) is 51.5 Å². The van der Waals surface area contributed by atoms with Crippen molar-refractivity contribution in [2.24, 2.45) is 0 Å². The minimum atomic E-state index is -0.373. The number of urea groups is 1. The van der Waals surface area contributed by atoms with Gasteiger partial charge in [-0.2, -0.15) is 0 Å². The van der Waals surface area contributed by atoms with Gasteiger partial charge < -0.3 is 20.1 Å². The SMILES string of the molecule is CCOC(=O)/C=C/c1ccc(NC(=O)NC[C@@H](C)N2C[C@H](C)O[C@@H](C)C2)cc1. The van der Waals surface area contributed by atoms with E-state index in [2.05, 4.69) is 36.3 Å². The van der Waals surface area contributed by atoms with Crippen LogP contribution in [-0.4, -0.2) is 61.4 Å². The normalized spacial score (nSPS) is 21.3. The van der Waals surface area contributed by atoms with E-state index in [-0.39, 0.29) is 30.3 Å². The molecule has 2 rings (SSSR count). The third kappa shape index (κ3) is 7.32. The number of carbonyl (C=O) groups excluding carboxylic acids is 2. The number of hydrogen-bond donors (Lipinski definition) is 2. The first-order valence-electron chi connectivity index (χ1n) is 9.76. The van der Waals surface area contributed by atoms with E-state index >= 15 is 0 Å². The Kier molecular flexibility index (Phi) is 8.47. The van der Waals surface area contributed by atoms with Crippen molar-refractivity contribution < 1.29 is 19.1 Å². The van der Waals surface area contributed by atoms with Crippen LogP contribution in [0.3, 0.4) is 0 Å². The Balaban J connectivity index is 1.77. The van der Waals surface area contributed by atoms with E-state index in [1.165, 1.54) is 6.08 Å². The Hall–Kier alpha value is -2.38. The van der Waals surface area contributed by atoms with Gasteiger partial charge in [-0.25, -0.2) is 9.59 Å². The smallest absolute Gasteiger partial charge is 0.330 e. The number of ether oxygens (including phenoxy) is 2. The van der Waals surface area contributed by atoms with Gasteiger partial charge in [0, 0.05) is 37.4 Å². The maximum Gasteiger partial charge on any atom is 0.330 e. The molecule has 0 spiro atoms. The maximum atomic E-state index is 12.2. The van der Waals surface area contributed by atoms with Gasteiger partial charge in [0.05, 0.1) is 18.8 Å². The average molecular weight is 389 g/mol. The van der Waals surface area contributed by atoms with Crippen LogP contribution in [0.1, 0.15) is 33.3 Å². The topological polar surface area (TPSA) is 79.9 Å². The molecule has 0 aliphatic carbocycles. The van der Waals surface area contributed by atoms with Gasteiger partial charge in [0.25, 0.3) is 0 Å². The van der Waals surface area contributed by atoms with Crippen molar-refractivity contribution in [3.8, 4) is 0 Å². The van der Waals surface area contributed by atoms with E-state index in [9.17, 15) is 9.59 Å². The number of anilines is 1. The van der Waals surface area contributed by atoms with Crippen molar-refractivity contribution in [2.75, 3.05) is 31.6 Å². The van der Waals surface area contributed by atoms with E-state index in [0.717, 1.165) is 18.7 Å². The van der Waals surface area contributed by atoms with E-state index in [0.29, 0.717) is 18.8 Å². The summed E-state index contributed by atoms with van der Waals surface area (Å²) >= 11 is 0. The summed E-state index contributed by atoms with van der Waals surface area (Å²) in [5.41, 5.74) is 1.54. The maximum absolute atomic E-state index is 12.2. The molecule has 1 saturated heterocycles. The van der Waals surface area contributed by atoms with Gasteiger partial charge in [-0.15, -0.1) is 0 Å². The van der Waals surface area contributed by atoms with Crippen LogP contribution in [-0.2, 0) is 14.3 Å². The highest BCUT2D eigenvalue weighted by Crippen LogP contribution is 2.14. The molecule has 3 atom stereocenters. The molecule has 1 heterocycles. The van der Waals surface area contributed by atoms with Gasteiger partial charge in [0.2, 0.25) is 0 Å². The van der Waals surface area contributed by atoms with Crippen LogP contribution in [0, 0.1) is 0 Å². The van der Waals surface area contributed by atoms with E-state index < -0.39 is 0 Å². The number of nitrogens with zero attached hydrogens (tertiary/aromatic N) is 1. The number of hydrogen-bond acceptors (Lipinski definition) is 5. The number of benzene rings is 1. The molecule has 1 aromatic rings. The van der Waals surface area contributed by atoms with Crippen molar-refractivity contribution in [3.63, 3.8) is 0 Å². The minimum absolute atomic E-state index is 0.205. The molecule has 0 aromatic heterocycles. The molecule has 0 radical (unpaired) electrons. The second-order valence-electron chi connectivity index (χ2n) is 7.10. The third-order valence-corrected chi connectivity index (χ3v) is 4.50. The van der Waals surface area contributed by atoms with E-state index in [1.807, 2.05) is 12.1 Å². The van der Waals surface area contributed by atoms with Crippen LogP contribution in [0.15, 0.2) is 30.3 Å². The number of carbonyl (C=O) groups is 2. The minimum Gasteiger partial charge on any atom is -0.463 e. The number of esters is 1. The summed E-state index contributed by atoms with van der Waals surface area (Å²) in [6.07, 6.45) is 3.47. The fourth-order valence-electron chi connectivity index (χ4n) is 3.15. The highest BCUT2D eigenvalue weighted by molar-refractivity contribution is 5.90. The molecule has 154 valence electrons. The molecule has 7 heteroatoms. The first-order valence-corrected chi connectivity index (χ1v) is 9.76. The quantitative estimate of drug-likeness (QED) is 0.554. The summed E-state index contributed by atoms with van der Waals surface area (Å²) in [5.74, 6) is -0.373.